The Morgan fingerprint density at radius 2 is 1.87 bits per heavy atom. The minimum absolute atomic E-state index is 0.430. The van der Waals surface area contributed by atoms with Gasteiger partial charge in [-0.25, -0.2) is 9.97 Å². The molecule has 2 aromatic carbocycles. The molecule has 0 saturated heterocycles. The first kappa shape index (κ1) is 19.7. The van der Waals surface area contributed by atoms with Gasteiger partial charge in [0.25, 0.3) is 0 Å². The monoisotopic (exact) mass is 430 g/mol. The number of thiophene rings is 1. The van der Waals surface area contributed by atoms with Crippen LogP contribution in [0.1, 0.15) is 27.2 Å². The molecule has 4 aromatic rings. The van der Waals surface area contributed by atoms with E-state index in [-0.39, 0.29) is 0 Å². The Labute approximate surface area is 184 Å². The third-order valence-corrected chi connectivity index (χ3v) is 6.48. The number of benzene rings is 2. The molecule has 5 rings (SSSR count). The van der Waals surface area contributed by atoms with Crippen LogP contribution in [-0.2, 0) is 24.1 Å². The highest BCUT2D eigenvalue weighted by atomic mass is 32.1. The van der Waals surface area contributed by atoms with E-state index < -0.39 is 5.91 Å². The van der Waals surface area contributed by atoms with Gasteiger partial charge in [0.1, 0.15) is 5.82 Å². The van der Waals surface area contributed by atoms with Crippen LogP contribution in [-0.4, -0.2) is 29.1 Å². The van der Waals surface area contributed by atoms with Crippen LogP contribution in [0.3, 0.4) is 0 Å². The molecule has 0 atom stereocenters. The number of nitrogens with zero attached hydrogens (tertiary/aromatic N) is 2. The van der Waals surface area contributed by atoms with Crippen LogP contribution in [0.5, 0.6) is 0 Å². The highest BCUT2D eigenvalue weighted by molar-refractivity contribution is 7.15. The number of nitrogens with one attached hydrogen (secondary N) is 1. The molecular formula is C24H22N4O2S. The van der Waals surface area contributed by atoms with Crippen molar-refractivity contribution >= 4 is 33.8 Å². The molecule has 0 aliphatic carbocycles. The Morgan fingerprint density at radius 1 is 1.03 bits per heavy atom. The summed E-state index contributed by atoms with van der Waals surface area (Å²) in [6.07, 6.45) is 1.53. The van der Waals surface area contributed by atoms with Crippen LogP contribution in [0.4, 0.5) is 5.82 Å². The fourth-order valence-corrected chi connectivity index (χ4v) is 4.93. The van der Waals surface area contributed by atoms with Crippen LogP contribution in [0, 0.1) is 0 Å². The predicted octanol–water partition coefficient (Wildman–Crippen LogP) is 4.18. The Morgan fingerprint density at radius 3 is 2.71 bits per heavy atom. The van der Waals surface area contributed by atoms with Crippen molar-refractivity contribution in [3.8, 4) is 10.7 Å². The van der Waals surface area contributed by atoms with Crippen LogP contribution in [0.2, 0.25) is 0 Å². The second-order valence-electron chi connectivity index (χ2n) is 7.47. The van der Waals surface area contributed by atoms with E-state index in [9.17, 15) is 4.79 Å². The zero-order valence-corrected chi connectivity index (χ0v) is 17.7. The topological polar surface area (TPSA) is 90.1 Å². The van der Waals surface area contributed by atoms with Crippen molar-refractivity contribution in [1.82, 2.24) is 9.97 Å². The van der Waals surface area contributed by atoms with Crippen molar-refractivity contribution < 1.29 is 9.53 Å². The van der Waals surface area contributed by atoms with E-state index in [2.05, 4.69) is 17.4 Å². The van der Waals surface area contributed by atoms with Gasteiger partial charge in [-0.1, -0.05) is 42.5 Å². The Balaban J connectivity index is 1.59. The third-order valence-electron chi connectivity index (χ3n) is 5.49. The van der Waals surface area contributed by atoms with Gasteiger partial charge in [-0.05, 0) is 11.6 Å². The number of ether oxygens (including phenoxy) is 1. The van der Waals surface area contributed by atoms with E-state index in [0.29, 0.717) is 31.1 Å². The average molecular weight is 431 g/mol. The van der Waals surface area contributed by atoms with E-state index in [1.807, 2.05) is 35.7 Å². The zero-order valence-electron chi connectivity index (χ0n) is 16.9. The number of carbonyl (C=O) groups excluding carboxylic acids is 1. The van der Waals surface area contributed by atoms with Gasteiger partial charge in [0.05, 0.1) is 23.8 Å². The fraction of sp³-hybridized carbons (Fsp3) is 0.208. The summed E-state index contributed by atoms with van der Waals surface area (Å²) in [6.45, 7) is 2.00. The molecule has 6 nitrogen and oxygen atoms in total. The highest BCUT2D eigenvalue weighted by Crippen LogP contribution is 2.36. The number of aromatic nitrogens is 2. The quantitative estimate of drug-likeness (QED) is 0.496. The van der Waals surface area contributed by atoms with Gasteiger partial charge in [0.15, 0.2) is 5.82 Å². The van der Waals surface area contributed by atoms with Crippen LogP contribution in [0.15, 0.2) is 53.9 Å². The predicted molar refractivity (Wildman–Crippen MR) is 123 cm³/mol. The first-order chi connectivity index (χ1) is 15.2. The first-order valence-corrected chi connectivity index (χ1v) is 11.1. The lowest BCUT2D eigenvalue weighted by Crippen LogP contribution is -2.11. The maximum Gasteiger partial charge on any atom is 0.249 e. The maximum absolute atomic E-state index is 11.8. The van der Waals surface area contributed by atoms with Crippen molar-refractivity contribution in [1.29, 1.82) is 0 Å². The number of rotatable bonds is 5. The number of anilines is 1. The minimum Gasteiger partial charge on any atom is -0.381 e. The Kier molecular flexibility index (Phi) is 5.36. The van der Waals surface area contributed by atoms with Crippen molar-refractivity contribution in [3.05, 3.63) is 76.3 Å². The Bertz CT molecular complexity index is 1250. The van der Waals surface area contributed by atoms with Crippen LogP contribution < -0.4 is 11.1 Å². The van der Waals surface area contributed by atoms with Gasteiger partial charge < -0.3 is 15.8 Å². The molecule has 2 aromatic heterocycles. The summed E-state index contributed by atoms with van der Waals surface area (Å²) in [5.41, 5.74) is 9.41. The van der Waals surface area contributed by atoms with Gasteiger partial charge in [0.2, 0.25) is 5.91 Å². The van der Waals surface area contributed by atoms with Crippen molar-refractivity contribution in [2.24, 2.45) is 5.73 Å². The lowest BCUT2D eigenvalue weighted by atomic mass is 10.1. The lowest BCUT2D eigenvalue weighted by Gasteiger charge is -2.14. The van der Waals surface area contributed by atoms with Crippen LogP contribution >= 0.6 is 11.3 Å². The van der Waals surface area contributed by atoms with Crippen molar-refractivity contribution in [2.75, 3.05) is 18.5 Å². The standard InChI is InChI=1S/C24H22N4O2S/c25-22(29)17-8-4-7-16-19(17)14-31-21(16)24-27-20-10-12-30-11-9-18(20)23(28-24)26-13-15-5-2-1-3-6-15/h1-8,14H,9-13H2,(H2,25,29)(H,26,27,28). The molecule has 0 spiro atoms. The summed E-state index contributed by atoms with van der Waals surface area (Å²) in [5.74, 6) is 1.08. The lowest BCUT2D eigenvalue weighted by molar-refractivity contribution is 0.100. The number of primary amides is 1. The normalized spacial score (nSPS) is 13.5. The summed E-state index contributed by atoms with van der Waals surface area (Å²) in [7, 11) is 0. The van der Waals surface area contributed by atoms with Gasteiger partial charge in [-0.2, -0.15) is 0 Å². The Hall–Kier alpha value is -3.29. The second-order valence-corrected chi connectivity index (χ2v) is 8.35. The smallest absolute Gasteiger partial charge is 0.249 e. The van der Waals surface area contributed by atoms with Gasteiger partial charge in [0, 0.05) is 46.7 Å². The summed E-state index contributed by atoms with van der Waals surface area (Å²) in [6, 6.07) is 15.9. The molecule has 1 aliphatic rings. The molecule has 31 heavy (non-hydrogen) atoms. The molecular weight excluding hydrogens is 408 g/mol. The number of fused-ring (bicyclic) bond motifs is 2. The molecule has 7 heteroatoms. The zero-order chi connectivity index (χ0) is 21.2. The molecule has 3 N–H and O–H groups in total. The molecule has 3 heterocycles. The van der Waals surface area contributed by atoms with Gasteiger partial charge in [-0.3, -0.25) is 4.79 Å². The number of carbonyl (C=O) groups is 1. The van der Waals surface area contributed by atoms with Gasteiger partial charge in [-0.15, -0.1) is 11.3 Å². The molecule has 0 bridgehead atoms. The summed E-state index contributed by atoms with van der Waals surface area (Å²) >= 11 is 1.53. The van der Waals surface area contributed by atoms with Crippen molar-refractivity contribution in [3.63, 3.8) is 0 Å². The highest BCUT2D eigenvalue weighted by Gasteiger charge is 2.20. The summed E-state index contributed by atoms with van der Waals surface area (Å²) in [5, 5.41) is 7.27. The van der Waals surface area contributed by atoms with E-state index in [1.54, 1.807) is 6.07 Å². The molecule has 1 aliphatic heterocycles. The molecule has 156 valence electrons. The van der Waals surface area contributed by atoms with E-state index in [4.69, 9.17) is 20.4 Å². The SMILES string of the molecule is NC(=O)c1cccc2c(-c3nc4c(c(NCc5ccccc5)n3)CCOCC4)scc12. The van der Waals surface area contributed by atoms with E-state index in [0.717, 1.165) is 45.6 Å². The van der Waals surface area contributed by atoms with Crippen molar-refractivity contribution in [2.45, 2.75) is 19.4 Å². The molecule has 0 saturated carbocycles. The van der Waals surface area contributed by atoms with E-state index >= 15 is 0 Å². The fourth-order valence-electron chi connectivity index (χ4n) is 3.93. The molecule has 0 unspecified atom stereocenters. The van der Waals surface area contributed by atoms with E-state index in [1.165, 1.54) is 16.9 Å². The average Bonchev–Trinajstić information content (AvgIpc) is 3.08. The number of nitrogens with two attached hydrogens (primary N) is 1. The molecule has 1 amide bonds. The summed E-state index contributed by atoms with van der Waals surface area (Å²) < 4.78 is 5.69. The second kappa shape index (κ2) is 8.45. The summed E-state index contributed by atoms with van der Waals surface area (Å²) in [4.78, 5) is 22.6. The number of amides is 1. The first-order valence-electron chi connectivity index (χ1n) is 10.3. The largest absolute Gasteiger partial charge is 0.381 e. The molecule has 0 fully saturated rings. The minimum atomic E-state index is -0.430. The molecule has 0 radical (unpaired) electrons. The number of hydrogen-bond acceptors (Lipinski definition) is 6. The van der Waals surface area contributed by atoms with Crippen LogP contribution in [0.25, 0.3) is 21.5 Å². The number of hydrogen-bond donors (Lipinski definition) is 2. The maximum atomic E-state index is 11.8. The third kappa shape index (κ3) is 3.89. The van der Waals surface area contributed by atoms with Gasteiger partial charge >= 0.3 is 0 Å².